The topological polar surface area (TPSA) is 36.4 Å². The highest BCUT2D eigenvalue weighted by molar-refractivity contribution is 7.13. The number of benzene rings is 1. The molecule has 4 rings (SSSR count). The van der Waals surface area contributed by atoms with Crippen molar-refractivity contribution in [2.75, 3.05) is 31.1 Å². The van der Waals surface area contributed by atoms with Crippen LogP contribution in [0, 0.1) is 0 Å². The predicted molar refractivity (Wildman–Crippen MR) is 93.3 cm³/mol. The first kappa shape index (κ1) is 15.0. The minimum absolute atomic E-state index is 0.276. The van der Waals surface area contributed by atoms with Crippen molar-refractivity contribution in [2.45, 2.75) is 18.3 Å². The van der Waals surface area contributed by atoms with Crippen LogP contribution in [0.1, 0.15) is 18.4 Å². The molecule has 23 heavy (non-hydrogen) atoms. The molecule has 0 bridgehead atoms. The summed E-state index contributed by atoms with van der Waals surface area (Å²) in [5.74, 6) is 0.276. The largest absolute Gasteiger partial charge is 0.345 e. The molecule has 0 spiro atoms. The van der Waals surface area contributed by atoms with E-state index in [-0.39, 0.29) is 11.3 Å². The number of thiazole rings is 1. The number of halogens is 1. The summed E-state index contributed by atoms with van der Waals surface area (Å²) in [6, 6.07) is 7.76. The molecule has 4 nitrogen and oxygen atoms in total. The molecule has 6 heteroatoms. The lowest BCUT2D eigenvalue weighted by atomic mass is 9.94. The molecule has 0 atom stereocenters. The molecule has 120 valence electrons. The van der Waals surface area contributed by atoms with Crippen molar-refractivity contribution >= 4 is 34.0 Å². The zero-order valence-electron chi connectivity index (χ0n) is 12.7. The van der Waals surface area contributed by atoms with Gasteiger partial charge < -0.3 is 9.80 Å². The SMILES string of the molecule is O=C(N1CCN(c2nccs2)CC1)C1(c2ccc(Cl)cc2)CC1. The molecule has 0 N–H and O–H groups in total. The van der Waals surface area contributed by atoms with Crippen molar-refractivity contribution in [3.8, 4) is 0 Å². The van der Waals surface area contributed by atoms with Crippen LogP contribution in [0.2, 0.25) is 5.02 Å². The molecule has 1 aromatic heterocycles. The second-order valence-corrected chi connectivity index (χ2v) is 7.49. The van der Waals surface area contributed by atoms with E-state index in [9.17, 15) is 4.79 Å². The lowest BCUT2D eigenvalue weighted by molar-refractivity contribution is -0.134. The van der Waals surface area contributed by atoms with E-state index in [1.807, 2.05) is 40.7 Å². The third-order valence-electron chi connectivity index (χ3n) is 4.81. The van der Waals surface area contributed by atoms with Gasteiger partial charge in [-0.05, 0) is 30.5 Å². The average Bonchev–Trinajstić information content (AvgIpc) is 3.21. The summed E-state index contributed by atoms with van der Waals surface area (Å²) in [5, 5.41) is 3.76. The van der Waals surface area contributed by atoms with Crippen molar-refractivity contribution in [1.82, 2.24) is 9.88 Å². The number of hydrogen-bond donors (Lipinski definition) is 0. The van der Waals surface area contributed by atoms with E-state index in [1.165, 1.54) is 0 Å². The Labute approximate surface area is 144 Å². The van der Waals surface area contributed by atoms with Crippen LogP contribution in [-0.4, -0.2) is 42.0 Å². The van der Waals surface area contributed by atoms with Crippen LogP contribution in [0.3, 0.4) is 0 Å². The van der Waals surface area contributed by atoms with E-state index >= 15 is 0 Å². The van der Waals surface area contributed by atoms with Crippen LogP contribution < -0.4 is 4.90 Å². The number of amides is 1. The van der Waals surface area contributed by atoms with Crippen LogP contribution in [0.5, 0.6) is 0 Å². The summed E-state index contributed by atoms with van der Waals surface area (Å²) in [5.41, 5.74) is 0.808. The van der Waals surface area contributed by atoms with Gasteiger partial charge in [0.2, 0.25) is 5.91 Å². The maximum absolute atomic E-state index is 13.0. The Kier molecular flexibility index (Phi) is 3.77. The Morgan fingerprint density at radius 2 is 1.83 bits per heavy atom. The van der Waals surface area contributed by atoms with E-state index in [4.69, 9.17) is 11.6 Å². The second-order valence-electron chi connectivity index (χ2n) is 6.18. The van der Waals surface area contributed by atoms with Crippen LogP contribution >= 0.6 is 22.9 Å². The van der Waals surface area contributed by atoms with Gasteiger partial charge >= 0.3 is 0 Å². The zero-order chi connectivity index (χ0) is 15.9. The van der Waals surface area contributed by atoms with Gasteiger partial charge in [-0.1, -0.05) is 23.7 Å². The Hall–Kier alpha value is -1.59. The molecule has 2 aromatic rings. The fourth-order valence-electron chi connectivity index (χ4n) is 3.30. The molecule has 2 fully saturated rings. The molecule has 1 aliphatic heterocycles. The Morgan fingerprint density at radius 1 is 1.13 bits per heavy atom. The van der Waals surface area contributed by atoms with Gasteiger partial charge in [-0.25, -0.2) is 4.98 Å². The molecule has 1 aliphatic carbocycles. The number of nitrogens with zero attached hydrogens (tertiary/aromatic N) is 3. The lowest BCUT2D eigenvalue weighted by Crippen LogP contribution is -2.51. The molecule has 2 aliphatic rings. The molecule has 2 heterocycles. The molecule has 0 radical (unpaired) electrons. The number of aromatic nitrogens is 1. The Balaban J connectivity index is 1.45. The van der Waals surface area contributed by atoms with Gasteiger partial charge in [0, 0.05) is 42.8 Å². The van der Waals surface area contributed by atoms with Crippen molar-refractivity contribution in [1.29, 1.82) is 0 Å². The van der Waals surface area contributed by atoms with Crippen LogP contribution in [0.25, 0.3) is 0 Å². The Morgan fingerprint density at radius 3 is 2.39 bits per heavy atom. The van der Waals surface area contributed by atoms with Gasteiger partial charge in [0.1, 0.15) is 0 Å². The van der Waals surface area contributed by atoms with E-state index < -0.39 is 0 Å². The molecule has 1 aromatic carbocycles. The van der Waals surface area contributed by atoms with Crippen molar-refractivity contribution in [3.05, 3.63) is 46.4 Å². The maximum atomic E-state index is 13.0. The first-order valence-corrected chi connectivity index (χ1v) is 9.15. The predicted octanol–water partition coefficient (Wildman–Crippen LogP) is 3.18. The number of hydrogen-bond acceptors (Lipinski definition) is 4. The summed E-state index contributed by atoms with van der Waals surface area (Å²) in [4.78, 5) is 21.7. The summed E-state index contributed by atoms with van der Waals surface area (Å²) in [6.45, 7) is 3.26. The fourth-order valence-corrected chi connectivity index (χ4v) is 4.12. The van der Waals surface area contributed by atoms with Crippen LogP contribution in [0.4, 0.5) is 5.13 Å². The summed E-state index contributed by atoms with van der Waals surface area (Å²) in [7, 11) is 0. The highest BCUT2D eigenvalue weighted by Gasteiger charge is 2.53. The molecule has 0 unspecified atom stereocenters. The molecule has 1 amide bonds. The summed E-state index contributed by atoms with van der Waals surface area (Å²) in [6.07, 6.45) is 3.72. The van der Waals surface area contributed by atoms with Gasteiger partial charge in [-0.3, -0.25) is 4.79 Å². The van der Waals surface area contributed by atoms with Crippen molar-refractivity contribution in [2.24, 2.45) is 0 Å². The lowest BCUT2D eigenvalue weighted by Gasteiger charge is -2.36. The average molecular weight is 348 g/mol. The highest BCUT2D eigenvalue weighted by Crippen LogP contribution is 2.49. The molecule has 1 saturated carbocycles. The van der Waals surface area contributed by atoms with Gasteiger partial charge in [0.25, 0.3) is 0 Å². The highest BCUT2D eigenvalue weighted by atomic mass is 35.5. The van der Waals surface area contributed by atoms with Crippen LogP contribution in [-0.2, 0) is 10.2 Å². The quantitative estimate of drug-likeness (QED) is 0.855. The van der Waals surface area contributed by atoms with Gasteiger partial charge in [0.05, 0.1) is 5.41 Å². The number of carbonyl (C=O) groups excluding carboxylic acids is 1. The van der Waals surface area contributed by atoms with Gasteiger partial charge in [-0.15, -0.1) is 11.3 Å². The van der Waals surface area contributed by atoms with Crippen LogP contribution in [0.15, 0.2) is 35.8 Å². The monoisotopic (exact) mass is 347 g/mol. The van der Waals surface area contributed by atoms with E-state index in [1.54, 1.807) is 11.3 Å². The van der Waals surface area contributed by atoms with E-state index in [0.717, 1.165) is 49.7 Å². The van der Waals surface area contributed by atoms with Gasteiger partial charge in [-0.2, -0.15) is 0 Å². The first-order valence-electron chi connectivity index (χ1n) is 7.89. The van der Waals surface area contributed by atoms with Gasteiger partial charge in [0.15, 0.2) is 5.13 Å². The molecule has 1 saturated heterocycles. The number of rotatable bonds is 3. The summed E-state index contributed by atoms with van der Waals surface area (Å²) >= 11 is 7.62. The minimum atomic E-state index is -0.298. The van der Waals surface area contributed by atoms with Crippen molar-refractivity contribution < 1.29 is 4.79 Å². The zero-order valence-corrected chi connectivity index (χ0v) is 14.3. The standard InChI is InChI=1S/C17H18ClN3OS/c18-14-3-1-13(2-4-14)17(5-6-17)15(22)20-8-10-21(11-9-20)16-19-7-12-23-16/h1-4,7,12H,5-6,8-11H2. The summed E-state index contributed by atoms with van der Waals surface area (Å²) < 4.78 is 0. The molecular formula is C17H18ClN3OS. The fraction of sp³-hybridized carbons (Fsp3) is 0.412. The normalized spacial score (nSPS) is 19.7. The Bertz CT molecular complexity index is 689. The van der Waals surface area contributed by atoms with E-state index in [0.29, 0.717) is 5.02 Å². The first-order chi connectivity index (χ1) is 11.2. The third-order valence-corrected chi connectivity index (χ3v) is 5.90. The maximum Gasteiger partial charge on any atom is 0.233 e. The van der Waals surface area contributed by atoms with Crippen molar-refractivity contribution in [3.63, 3.8) is 0 Å². The van der Waals surface area contributed by atoms with E-state index in [2.05, 4.69) is 9.88 Å². The number of anilines is 1. The second kappa shape index (κ2) is 5.80. The number of carbonyl (C=O) groups is 1. The number of piperazine rings is 1. The minimum Gasteiger partial charge on any atom is -0.345 e. The smallest absolute Gasteiger partial charge is 0.233 e. The molecular weight excluding hydrogens is 330 g/mol. The third kappa shape index (κ3) is 2.72.